The molecule has 4 heteroatoms. The molecule has 0 unspecified atom stereocenters. The van der Waals surface area contributed by atoms with E-state index in [0.717, 1.165) is 50.3 Å². The van der Waals surface area contributed by atoms with Crippen LogP contribution in [0.4, 0.5) is 11.4 Å². The van der Waals surface area contributed by atoms with Gasteiger partial charge in [0.1, 0.15) is 0 Å². The first-order valence-electron chi connectivity index (χ1n) is 10.5. The van der Waals surface area contributed by atoms with Gasteiger partial charge in [-0.3, -0.25) is 9.69 Å². The number of rotatable bonds is 4. The van der Waals surface area contributed by atoms with E-state index in [0.29, 0.717) is 0 Å². The van der Waals surface area contributed by atoms with Crippen molar-refractivity contribution in [3.05, 3.63) is 96.1 Å². The van der Waals surface area contributed by atoms with Crippen molar-refractivity contribution in [1.82, 2.24) is 4.90 Å². The number of para-hydroxylation sites is 2. The number of anilines is 2. The van der Waals surface area contributed by atoms with Gasteiger partial charge in [0.2, 0.25) is 5.91 Å². The van der Waals surface area contributed by atoms with Crippen LogP contribution in [0.25, 0.3) is 0 Å². The Hall–Kier alpha value is -2.62. The molecule has 1 spiro atoms. The number of nitrogens with zero attached hydrogens (tertiary/aromatic N) is 2. The molecule has 1 saturated heterocycles. The molecule has 1 fully saturated rings. The molecule has 0 radical (unpaired) electrons. The summed E-state index contributed by atoms with van der Waals surface area (Å²) in [7, 11) is 0. The van der Waals surface area contributed by atoms with E-state index >= 15 is 0 Å². The van der Waals surface area contributed by atoms with E-state index in [4.69, 9.17) is 0 Å². The second-order valence-electron chi connectivity index (χ2n) is 8.15. The Morgan fingerprint density at radius 3 is 2.07 bits per heavy atom. The third-order valence-electron chi connectivity index (χ3n) is 6.56. The van der Waals surface area contributed by atoms with Crippen LogP contribution in [-0.2, 0) is 16.6 Å². The lowest BCUT2D eigenvalue weighted by molar-refractivity contribution is -0.124. The number of fused-ring (bicyclic) bond motifs is 2. The van der Waals surface area contributed by atoms with E-state index in [2.05, 4.69) is 53.4 Å². The molecular formula is C26H27ClN2O. The number of piperidine rings is 1. The Balaban J connectivity index is 0.00000218. The summed E-state index contributed by atoms with van der Waals surface area (Å²) in [5, 5.41) is 0. The molecule has 1 amide bonds. The molecule has 0 saturated carbocycles. The maximum Gasteiger partial charge on any atom is 0.242 e. The first-order valence-corrected chi connectivity index (χ1v) is 10.5. The number of hydrogen-bond acceptors (Lipinski definition) is 2. The van der Waals surface area contributed by atoms with Gasteiger partial charge in [-0.2, -0.15) is 0 Å². The van der Waals surface area contributed by atoms with Crippen molar-refractivity contribution in [1.29, 1.82) is 0 Å². The highest BCUT2D eigenvalue weighted by Crippen LogP contribution is 2.50. The lowest BCUT2D eigenvalue weighted by Crippen LogP contribution is -2.48. The predicted molar refractivity (Wildman–Crippen MR) is 125 cm³/mol. The van der Waals surface area contributed by atoms with E-state index < -0.39 is 0 Å². The van der Waals surface area contributed by atoms with Gasteiger partial charge < -0.3 is 4.90 Å². The number of likely N-dealkylation sites (tertiary alicyclic amines) is 1. The summed E-state index contributed by atoms with van der Waals surface area (Å²) < 4.78 is 0. The highest BCUT2D eigenvalue weighted by Gasteiger charge is 2.52. The highest BCUT2D eigenvalue weighted by molar-refractivity contribution is 6.13. The average Bonchev–Trinajstić information content (AvgIpc) is 3.03. The van der Waals surface area contributed by atoms with Crippen LogP contribution < -0.4 is 4.90 Å². The molecular weight excluding hydrogens is 392 g/mol. The van der Waals surface area contributed by atoms with Crippen molar-refractivity contribution in [2.75, 3.05) is 24.5 Å². The number of carbonyl (C=O) groups excluding carboxylic acids is 1. The Bertz CT molecular complexity index is 998. The van der Waals surface area contributed by atoms with Gasteiger partial charge in [-0.05, 0) is 61.7 Å². The summed E-state index contributed by atoms with van der Waals surface area (Å²) in [5.41, 5.74) is 4.23. The number of carbonyl (C=O) groups is 1. The lowest BCUT2D eigenvalue weighted by atomic mass is 9.73. The molecule has 5 rings (SSSR count). The largest absolute Gasteiger partial charge is 0.303 e. The smallest absolute Gasteiger partial charge is 0.242 e. The van der Waals surface area contributed by atoms with Crippen molar-refractivity contribution >= 4 is 29.7 Å². The monoisotopic (exact) mass is 418 g/mol. The molecule has 2 aliphatic heterocycles. The topological polar surface area (TPSA) is 23.6 Å². The Morgan fingerprint density at radius 2 is 1.37 bits per heavy atom. The molecule has 154 valence electrons. The summed E-state index contributed by atoms with van der Waals surface area (Å²) in [6, 6.07) is 29.1. The van der Waals surface area contributed by atoms with Gasteiger partial charge in [0.15, 0.2) is 0 Å². The van der Waals surface area contributed by atoms with Crippen LogP contribution in [0.5, 0.6) is 0 Å². The molecule has 0 aromatic heterocycles. The maximum atomic E-state index is 13.7. The Kier molecular flexibility index (Phi) is 5.94. The van der Waals surface area contributed by atoms with Crippen LogP contribution in [0.3, 0.4) is 0 Å². The predicted octanol–water partition coefficient (Wildman–Crippen LogP) is 5.36. The molecule has 3 nitrogen and oxygen atoms in total. The van der Waals surface area contributed by atoms with E-state index in [1.807, 2.05) is 41.3 Å². The van der Waals surface area contributed by atoms with Gasteiger partial charge in [0.05, 0.1) is 11.1 Å². The SMILES string of the molecule is Cl.O=C1N(c2ccccc2)c2ccccc2C12CCN(CCc1ccccc1)CC2. The van der Waals surface area contributed by atoms with E-state index in [1.165, 1.54) is 11.1 Å². The van der Waals surface area contributed by atoms with Crippen LogP contribution in [0, 0.1) is 0 Å². The number of benzene rings is 3. The third-order valence-corrected chi connectivity index (χ3v) is 6.56. The van der Waals surface area contributed by atoms with Gasteiger partial charge >= 0.3 is 0 Å². The van der Waals surface area contributed by atoms with Gasteiger partial charge in [0, 0.05) is 12.2 Å². The molecule has 0 bridgehead atoms. The molecule has 0 atom stereocenters. The van der Waals surface area contributed by atoms with Crippen molar-refractivity contribution in [3.8, 4) is 0 Å². The number of halogens is 1. The van der Waals surface area contributed by atoms with Crippen molar-refractivity contribution in [3.63, 3.8) is 0 Å². The van der Waals surface area contributed by atoms with Gasteiger partial charge in [-0.25, -0.2) is 0 Å². The van der Waals surface area contributed by atoms with E-state index in [9.17, 15) is 4.79 Å². The first kappa shape index (κ1) is 20.6. The first-order chi connectivity index (χ1) is 14.3. The fourth-order valence-corrected chi connectivity index (χ4v) is 4.92. The molecule has 3 aromatic rings. The molecule has 0 aliphatic carbocycles. The second-order valence-corrected chi connectivity index (χ2v) is 8.15. The zero-order valence-corrected chi connectivity index (χ0v) is 17.9. The van der Waals surface area contributed by atoms with Crippen LogP contribution in [0.15, 0.2) is 84.9 Å². The minimum atomic E-state index is -0.379. The highest BCUT2D eigenvalue weighted by atomic mass is 35.5. The second kappa shape index (κ2) is 8.63. The maximum absolute atomic E-state index is 13.7. The van der Waals surface area contributed by atoms with Crippen LogP contribution >= 0.6 is 12.4 Å². The quantitative estimate of drug-likeness (QED) is 0.569. The summed E-state index contributed by atoms with van der Waals surface area (Å²) in [4.78, 5) is 18.2. The Labute approximate surface area is 184 Å². The number of amides is 1. The summed E-state index contributed by atoms with van der Waals surface area (Å²) in [6.07, 6.45) is 2.84. The normalized spacial score (nSPS) is 17.6. The standard InChI is InChI=1S/C26H26N2O.ClH/c29-25-26(16-19-27(20-17-26)18-15-21-9-3-1-4-10-21)23-13-7-8-14-24(23)28(25)22-11-5-2-6-12-22;/h1-14H,15-20H2;1H. The van der Waals surface area contributed by atoms with Crippen molar-refractivity contribution in [2.45, 2.75) is 24.7 Å². The van der Waals surface area contributed by atoms with Crippen molar-refractivity contribution < 1.29 is 4.79 Å². The molecule has 30 heavy (non-hydrogen) atoms. The summed E-state index contributed by atoms with van der Waals surface area (Å²) >= 11 is 0. The fourth-order valence-electron chi connectivity index (χ4n) is 4.92. The zero-order chi connectivity index (χ0) is 19.7. The van der Waals surface area contributed by atoms with Gasteiger partial charge in [-0.1, -0.05) is 66.7 Å². The fraction of sp³-hybridized carbons (Fsp3) is 0.269. The lowest BCUT2D eigenvalue weighted by Gasteiger charge is -2.38. The Morgan fingerprint density at radius 1 is 0.767 bits per heavy atom. The van der Waals surface area contributed by atoms with E-state index in [-0.39, 0.29) is 23.7 Å². The molecule has 3 aromatic carbocycles. The zero-order valence-electron chi connectivity index (χ0n) is 17.0. The number of hydrogen-bond donors (Lipinski definition) is 0. The molecule has 0 N–H and O–H groups in total. The summed E-state index contributed by atoms with van der Waals surface area (Å²) in [6.45, 7) is 2.99. The summed E-state index contributed by atoms with van der Waals surface area (Å²) in [5.74, 6) is 0.243. The average molecular weight is 419 g/mol. The van der Waals surface area contributed by atoms with Crippen LogP contribution in [0.2, 0.25) is 0 Å². The minimum Gasteiger partial charge on any atom is -0.303 e. The van der Waals surface area contributed by atoms with E-state index in [1.54, 1.807) is 0 Å². The third kappa shape index (κ3) is 3.53. The molecule has 2 aliphatic rings. The van der Waals surface area contributed by atoms with Crippen LogP contribution in [0.1, 0.15) is 24.0 Å². The molecule has 2 heterocycles. The van der Waals surface area contributed by atoms with Gasteiger partial charge in [-0.15, -0.1) is 12.4 Å². The van der Waals surface area contributed by atoms with Crippen LogP contribution in [-0.4, -0.2) is 30.4 Å². The van der Waals surface area contributed by atoms with Gasteiger partial charge in [0.25, 0.3) is 0 Å². The minimum absolute atomic E-state index is 0. The van der Waals surface area contributed by atoms with Crippen molar-refractivity contribution in [2.24, 2.45) is 0 Å².